The van der Waals surface area contributed by atoms with Gasteiger partial charge >= 0.3 is 39.3 Å². The first-order chi connectivity index (χ1) is 14.4. The molecule has 2 nitrogen and oxygen atoms in total. The molecule has 160 valence electrons. The van der Waals surface area contributed by atoms with Crippen LogP contribution in [0, 0.1) is 6.92 Å². The van der Waals surface area contributed by atoms with Gasteiger partial charge in [0.05, 0.1) is 5.54 Å². The van der Waals surface area contributed by atoms with Gasteiger partial charge in [-0.25, -0.2) is 4.99 Å². The van der Waals surface area contributed by atoms with Gasteiger partial charge in [-0.3, -0.25) is 0 Å². The Hall–Kier alpha value is -0.986. The number of rotatable bonds is 4. The Kier molecular flexibility index (Phi) is 8.72. The molecule has 0 saturated carbocycles. The topological polar surface area (TPSA) is 21.6 Å². The van der Waals surface area contributed by atoms with Crippen molar-refractivity contribution in [2.24, 2.45) is 4.99 Å². The summed E-state index contributed by atoms with van der Waals surface area (Å²) in [6.45, 7) is 7.01. The summed E-state index contributed by atoms with van der Waals surface area (Å²) >= 11 is 6.00. The molecule has 1 aliphatic heterocycles. The Morgan fingerprint density at radius 3 is 1.90 bits per heavy atom. The van der Waals surface area contributed by atoms with Gasteiger partial charge in [-0.1, -0.05) is 78.4 Å². The predicted molar refractivity (Wildman–Crippen MR) is 134 cm³/mol. The molecule has 0 saturated heterocycles. The number of hydrogen-bond acceptors (Lipinski definition) is 2. The van der Waals surface area contributed by atoms with Crippen molar-refractivity contribution in [3.05, 3.63) is 90.0 Å². The molecule has 0 bridgehead atoms. The number of hydrogen-bond donors (Lipinski definition) is 0. The predicted octanol–water partition coefficient (Wildman–Crippen LogP) is 6.00. The fourth-order valence-electron chi connectivity index (χ4n) is 3.31. The van der Waals surface area contributed by atoms with Gasteiger partial charge in [-0.15, -0.1) is 0 Å². The van der Waals surface area contributed by atoms with Crippen LogP contribution >= 0.6 is 36.4 Å². The molecule has 3 aromatic rings. The van der Waals surface area contributed by atoms with Gasteiger partial charge < -0.3 is 4.74 Å². The summed E-state index contributed by atoms with van der Waals surface area (Å²) in [5.41, 5.74) is 2.20. The Balaban J connectivity index is 0.000000806. The summed E-state index contributed by atoms with van der Waals surface area (Å²) in [5, 5.41) is 3.98. The second-order valence-corrected chi connectivity index (χ2v) is 14.8. The normalized spacial score (nSPS) is 14.7. The molecule has 0 spiro atoms. The van der Waals surface area contributed by atoms with Gasteiger partial charge in [0, 0.05) is 5.56 Å². The molecule has 3 aromatic carbocycles. The van der Waals surface area contributed by atoms with E-state index in [4.69, 9.17) is 9.73 Å². The van der Waals surface area contributed by atoms with Crippen LogP contribution in [0.15, 0.2) is 83.9 Å². The van der Waals surface area contributed by atoms with Crippen molar-refractivity contribution < 1.29 is 15.6 Å². The molecule has 0 unspecified atom stereocenters. The zero-order valence-corrected chi connectivity index (χ0v) is 22.1. The fraction of sp³-hybridized carbons (Fsp3) is 0.208. The Labute approximate surface area is 200 Å². The number of benzene rings is 3. The van der Waals surface area contributed by atoms with Crippen LogP contribution in [-0.4, -0.2) is 18.0 Å². The van der Waals surface area contributed by atoms with Crippen molar-refractivity contribution >= 4 is 58.2 Å². The van der Waals surface area contributed by atoms with Crippen LogP contribution in [0.4, 0.5) is 0 Å². The third-order valence-corrected chi connectivity index (χ3v) is 7.10. The number of ether oxygens (including phenoxy) is 1. The molecule has 1 heterocycles. The second-order valence-electron chi connectivity index (χ2n) is 7.59. The van der Waals surface area contributed by atoms with E-state index in [1.807, 2.05) is 0 Å². The Bertz CT molecular complexity index is 957. The Morgan fingerprint density at radius 1 is 0.900 bits per heavy atom. The van der Waals surface area contributed by atoms with E-state index in [0.717, 1.165) is 11.5 Å². The van der Waals surface area contributed by atoms with E-state index in [1.165, 1.54) is 32.4 Å². The molecule has 1 aliphatic rings. The van der Waals surface area contributed by atoms with Crippen molar-refractivity contribution in [3.63, 3.8) is 0 Å². The van der Waals surface area contributed by atoms with Gasteiger partial charge in [0.2, 0.25) is 5.90 Å². The molecule has 0 aromatic heterocycles. The molecular weight excluding hydrogens is 568 g/mol. The van der Waals surface area contributed by atoms with Gasteiger partial charge in [0.1, 0.15) is 6.61 Å². The Morgan fingerprint density at radius 2 is 1.43 bits per heavy atom. The van der Waals surface area contributed by atoms with E-state index in [9.17, 15) is 0 Å². The third-order valence-electron chi connectivity index (χ3n) is 4.62. The maximum atomic E-state index is 6.02. The van der Waals surface area contributed by atoms with Crippen LogP contribution < -0.4 is 15.9 Å². The average Bonchev–Trinajstić information content (AvgIpc) is 3.10. The quantitative estimate of drug-likeness (QED) is 0.270. The molecule has 6 heteroatoms. The molecule has 0 fully saturated rings. The van der Waals surface area contributed by atoms with Crippen molar-refractivity contribution in [2.45, 2.75) is 26.3 Å². The molecule has 0 amide bonds. The minimum atomic E-state index is -0.691. The SMILES string of the molecule is Cc1ccc(C2=NC(C)(C)CO2)c(P(c2ccccc2)c2ccccc2)c1.[Br][Ni][Br]. The standard InChI is InChI=1S/C24H24NOP.2BrH.Ni/c1-18-14-15-21(23-25-24(2,3)17-26-23)22(16-18)27(19-10-6-4-7-11-19)20-12-8-5-9-13-20;;;/h4-16H,17H2,1-3H3;2*1H;/q;;;+2/p-2. The summed E-state index contributed by atoms with van der Waals surface area (Å²) in [6.07, 6.45) is 0. The van der Waals surface area contributed by atoms with Crippen LogP contribution in [0.1, 0.15) is 25.0 Å². The van der Waals surface area contributed by atoms with E-state index in [-0.39, 0.29) is 5.54 Å². The summed E-state index contributed by atoms with van der Waals surface area (Å²) < 4.78 is 6.02. The summed E-state index contributed by atoms with van der Waals surface area (Å²) in [4.78, 5) is 4.86. The van der Waals surface area contributed by atoms with Gasteiger partial charge in [-0.05, 0) is 50.7 Å². The summed E-state index contributed by atoms with van der Waals surface area (Å²) in [5.74, 6) is 0.773. The molecular formula is C24H24Br2NNiOP. The van der Waals surface area contributed by atoms with E-state index in [0.29, 0.717) is 6.61 Å². The van der Waals surface area contributed by atoms with Crippen LogP contribution in [0.25, 0.3) is 0 Å². The summed E-state index contributed by atoms with van der Waals surface area (Å²) in [6, 6.07) is 28.2. The van der Waals surface area contributed by atoms with E-state index < -0.39 is 7.92 Å². The number of aliphatic imine (C=N–C) groups is 1. The van der Waals surface area contributed by atoms with E-state index in [1.54, 1.807) is 0 Å². The molecule has 0 atom stereocenters. The first-order valence-electron chi connectivity index (χ1n) is 9.51. The zero-order valence-electron chi connectivity index (χ0n) is 17.1. The maximum absolute atomic E-state index is 6.02. The van der Waals surface area contributed by atoms with Crippen molar-refractivity contribution in [3.8, 4) is 0 Å². The molecule has 30 heavy (non-hydrogen) atoms. The van der Waals surface area contributed by atoms with Crippen molar-refractivity contribution in [2.75, 3.05) is 6.61 Å². The third kappa shape index (κ3) is 6.04. The van der Waals surface area contributed by atoms with E-state index >= 15 is 0 Å². The van der Waals surface area contributed by atoms with Crippen LogP contribution in [0.3, 0.4) is 0 Å². The average molecular weight is 592 g/mol. The van der Waals surface area contributed by atoms with Crippen LogP contribution in [0.2, 0.25) is 0 Å². The number of nitrogens with zero attached hydrogens (tertiary/aromatic N) is 1. The minimum absolute atomic E-state index is 0.167. The van der Waals surface area contributed by atoms with E-state index in [2.05, 4.69) is 128 Å². The fourth-order valence-corrected chi connectivity index (χ4v) is 5.85. The van der Waals surface area contributed by atoms with Gasteiger partial charge in [0.15, 0.2) is 0 Å². The number of halogens is 2. The van der Waals surface area contributed by atoms with Crippen LogP contribution in [-0.2, 0) is 15.6 Å². The monoisotopic (exact) mass is 589 g/mol. The second kappa shape index (κ2) is 11.0. The van der Waals surface area contributed by atoms with Crippen molar-refractivity contribution in [1.29, 1.82) is 0 Å². The number of aryl methyl sites for hydroxylation is 1. The molecule has 0 radical (unpaired) electrons. The van der Waals surface area contributed by atoms with Crippen molar-refractivity contribution in [1.82, 2.24) is 0 Å². The first kappa shape index (κ1) is 23.7. The summed E-state index contributed by atoms with van der Waals surface area (Å²) in [7, 11) is 0.559. The molecule has 4 rings (SSSR count). The van der Waals surface area contributed by atoms with Gasteiger partial charge in [0.25, 0.3) is 0 Å². The van der Waals surface area contributed by atoms with Gasteiger partial charge in [-0.2, -0.15) is 0 Å². The molecule has 0 N–H and O–H groups in total. The zero-order chi connectivity index (χ0) is 21.6. The van der Waals surface area contributed by atoms with Crippen LogP contribution in [0.5, 0.6) is 0 Å². The molecule has 0 aliphatic carbocycles. The first-order valence-corrected chi connectivity index (χ1v) is 15.7.